The van der Waals surface area contributed by atoms with Crippen molar-refractivity contribution in [3.8, 4) is 0 Å². The molecule has 112 valence electrons. The smallest absolute Gasteiger partial charge is 0.0594 e. The lowest BCUT2D eigenvalue weighted by atomic mass is 9.84. The van der Waals surface area contributed by atoms with Crippen LogP contribution in [0.2, 0.25) is 0 Å². The summed E-state index contributed by atoms with van der Waals surface area (Å²) < 4.78 is 5.45. The molecule has 2 fully saturated rings. The molecule has 2 unspecified atom stereocenters. The van der Waals surface area contributed by atoms with Crippen molar-refractivity contribution < 1.29 is 4.74 Å². The summed E-state index contributed by atoms with van der Waals surface area (Å²) in [5.41, 5.74) is 6.12. The average molecular weight is 269 g/mol. The van der Waals surface area contributed by atoms with Crippen LogP contribution in [0.1, 0.15) is 39.5 Å². The Morgan fingerprint density at radius 2 is 1.89 bits per heavy atom. The van der Waals surface area contributed by atoms with Gasteiger partial charge in [-0.15, -0.1) is 0 Å². The fraction of sp³-hybridized carbons (Fsp3) is 1.00. The van der Waals surface area contributed by atoms with Crippen molar-refractivity contribution in [2.75, 3.05) is 39.4 Å². The molecular formula is C15H31N3O. The van der Waals surface area contributed by atoms with Gasteiger partial charge >= 0.3 is 0 Å². The van der Waals surface area contributed by atoms with Crippen LogP contribution in [-0.4, -0.2) is 55.9 Å². The number of nitrogens with one attached hydrogen (secondary N) is 1. The number of hydrogen-bond donors (Lipinski definition) is 2. The largest absolute Gasteiger partial charge is 0.379 e. The molecular weight excluding hydrogens is 238 g/mol. The van der Waals surface area contributed by atoms with Crippen molar-refractivity contribution >= 4 is 0 Å². The minimum absolute atomic E-state index is 0.209. The van der Waals surface area contributed by atoms with E-state index in [1.165, 1.54) is 25.7 Å². The monoisotopic (exact) mass is 269 g/mol. The van der Waals surface area contributed by atoms with Gasteiger partial charge in [0, 0.05) is 31.2 Å². The molecule has 0 radical (unpaired) electrons. The normalized spacial score (nSPS) is 30.5. The molecule has 2 rings (SSSR count). The van der Waals surface area contributed by atoms with Gasteiger partial charge < -0.3 is 15.8 Å². The molecule has 2 atom stereocenters. The van der Waals surface area contributed by atoms with Gasteiger partial charge in [-0.1, -0.05) is 12.8 Å². The molecule has 1 saturated heterocycles. The van der Waals surface area contributed by atoms with E-state index in [0.29, 0.717) is 12.0 Å². The molecule has 1 heterocycles. The van der Waals surface area contributed by atoms with Gasteiger partial charge in [0.15, 0.2) is 0 Å². The third-order valence-corrected chi connectivity index (χ3v) is 4.88. The first-order valence-corrected chi connectivity index (χ1v) is 7.90. The number of morpholine rings is 1. The van der Waals surface area contributed by atoms with Crippen LogP contribution in [0.4, 0.5) is 0 Å². The Bertz CT molecular complexity index is 264. The van der Waals surface area contributed by atoms with Crippen LogP contribution in [0.5, 0.6) is 0 Å². The van der Waals surface area contributed by atoms with Crippen LogP contribution in [0.15, 0.2) is 0 Å². The maximum Gasteiger partial charge on any atom is 0.0594 e. The fourth-order valence-electron chi connectivity index (χ4n) is 3.42. The fourth-order valence-corrected chi connectivity index (χ4v) is 3.42. The lowest BCUT2D eigenvalue weighted by Crippen LogP contribution is -2.57. The summed E-state index contributed by atoms with van der Waals surface area (Å²) >= 11 is 0. The van der Waals surface area contributed by atoms with E-state index in [1.807, 2.05) is 0 Å². The Morgan fingerprint density at radius 3 is 2.58 bits per heavy atom. The summed E-state index contributed by atoms with van der Waals surface area (Å²) in [6, 6.07) is 0.624. The summed E-state index contributed by atoms with van der Waals surface area (Å²) in [5.74, 6) is 0.675. The SMILES string of the molecule is CC(C)(CNC1CCCCC1CN)N1CCOCC1. The Balaban J connectivity index is 1.81. The molecule has 0 bridgehead atoms. The molecule has 1 saturated carbocycles. The lowest BCUT2D eigenvalue weighted by molar-refractivity contribution is -0.0113. The molecule has 3 N–H and O–H groups in total. The van der Waals surface area contributed by atoms with Gasteiger partial charge in [0.2, 0.25) is 0 Å². The van der Waals surface area contributed by atoms with Gasteiger partial charge in [0.25, 0.3) is 0 Å². The second-order valence-corrected chi connectivity index (χ2v) is 6.68. The van der Waals surface area contributed by atoms with Crippen LogP contribution in [0.3, 0.4) is 0 Å². The Kier molecular flexibility index (Phi) is 5.63. The van der Waals surface area contributed by atoms with Crippen molar-refractivity contribution in [2.24, 2.45) is 11.7 Å². The van der Waals surface area contributed by atoms with Gasteiger partial charge in [-0.2, -0.15) is 0 Å². The second-order valence-electron chi connectivity index (χ2n) is 6.68. The van der Waals surface area contributed by atoms with Gasteiger partial charge in [0.05, 0.1) is 13.2 Å². The summed E-state index contributed by atoms with van der Waals surface area (Å²) in [7, 11) is 0. The van der Waals surface area contributed by atoms with Gasteiger partial charge in [-0.05, 0) is 39.2 Å². The van der Waals surface area contributed by atoms with Crippen LogP contribution in [0.25, 0.3) is 0 Å². The molecule has 0 aromatic carbocycles. The number of rotatable bonds is 5. The van der Waals surface area contributed by atoms with Gasteiger partial charge in [-0.3, -0.25) is 4.90 Å². The zero-order chi connectivity index (χ0) is 13.7. The second kappa shape index (κ2) is 7.02. The maximum atomic E-state index is 5.91. The standard InChI is InChI=1S/C15H31N3O/c1-15(2,18-7-9-19-10-8-18)12-17-14-6-4-3-5-13(14)11-16/h13-14,17H,3-12,16H2,1-2H3. The third-order valence-electron chi connectivity index (χ3n) is 4.88. The average Bonchev–Trinajstić information content (AvgIpc) is 2.46. The number of nitrogens with zero attached hydrogens (tertiary/aromatic N) is 1. The molecule has 2 aliphatic rings. The Labute approximate surface area is 118 Å². The molecule has 1 aliphatic heterocycles. The van der Waals surface area contributed by atoms with Crippen molar-refractivity contribution in [1.29, 1.82) is 0 Å². The van der Waals surface area contributed by atoms with Gasteiger partial charge in [-0.25, -0.2) is 0 Å². The van der Waals surface area contributed by atoms with E-state index < -0.39 is 0 Å². The predicted molar refractivity (Wildman–Crippen MR) is 79.3 cm³/mol. The lowest BCUT2D eigenvalue weighted by Gasteiger charge is -2.43. The highest BCUT2D eigenvalue weighted by Gasteiger charge is 2.30. The first kappa shape index (κ1) is 15.2. The van der Waals surface area contributed by atoms with E-state index in [4.69, 9.17) is 10.5 Å². The molecule has 0 amide bonds. The summed E-state index contributed by atoms with van der Waals surface area (Å²) in [6.07, 6.45) is 5.30. The van der Waals surface area contributed by atoms with Crippen LogP contribution >= 0.6 is 0 Å². The zero-order valence-corrected chi connectivity index (χ0v) is 12.7. The Morgan fingerprint density at radius 1 is 1.21 bits per heavy atom. The van der Waals surface area contributed by atoms with Gasteiger partial charge in [0.1, 0.15) is 0 Å². The summed E-state index contributed by atoms with van der Waals surface area (Å²) in [6.45, 7) is 10.4. The highest BCUT2D eigenvalue weighted by Crippen LogP contribution is 2.24. The minimum atomic E-state index is 0.209. The Hall–Kier alpha value is -0.160. The van der Waals surface area contributed by atoms with E-state index in [1.54, 1.807) is 0 Å². The van der Waals surface area contributed by atoms with E-state index in [2.05, 4.69) is 24.1 Å². The highest BCUT2D eigenvalue weighted by molar-refractivity contribution is 4.89. The van der Waals surface area contributed by atoms with E-state index in [0.717, 1.165) is 39.4 Å². The highest BCUT2D eigenvalue weighted by atomic mass is 16.5. The van der Waals surface area contributed by atoms with Crippen molar-refractivity contribution in [2.45, 2.75) is 51.1 Å². The number of hydrogen-bond acceptors (Lipinski definition) is 4. The molecule has 1 aliphatic carbocycles. The van der Waals surface area contributed by atoms with E-state index in [-0.39, 0.29) is 5.54 Å². The molecule has 19 heavy (non-hydrogen) atoms. The van der Waals surface area contributed by atoms with Crippen molar-refractivity contribution in [1.82, 2.24) is 10.2 Å². The first-order valence-electron chi connectivity index (χ1n) is 7.90. The zero-order valence-electron chi connectivity index (χ0n) is 12.7. The third kappa shape index (κ3) is 4.15. The molecule has 4 heteroatoms. The predicted octanol–water partition coefficient (Wildman–Crippen LogP) is 1.20. The van der Waals surface area contributed by atoms with E-state index >= 15 is 0 Å². The van der Waals surface area contributed by atoms with Crippen LogP contribution in [0, 0.1) is 5.92 Å². The minimum Gasteiger partial charge on any atom is -0.379 e. The van der Waals surface area contributed by atoms with Crippen LogP contribution in [-0.2, 0) is 4.74 Å². The molecule has 0 aromatic heterocycles. The van der Waals surface area contributed by atoms with Crippen LogP contribution < -0.4 is 11.1 Å². The summed E-state index contributed by atoms with van der Waals surface area (Å²) in [5, 5.41) is 3.80. The van der Waals surface area contributed by atoms with Crippen molar-refractivity contribution in [3.63, 3.8) is 0 Å². The summed E-state index contributed by atoms with van der Waals surface area (Å²) in [4.78, 5) is 2.55. The molecule has 4 nitrogen and oxygen atoms in total. The number of nitrogens with two attached hydrogens (primary N) is 1. The quantitative estimate of drug-likeness (QED) is 0.787. The first-order chi connectivity index (χ1) is 9.13. The molecule has 0 spiro atoms. The molecule has 0 aromatic rings. The topological polar surface area (TPSA) is 50.5 Å². The maximum absolute atomic E-state index is 5.91. The number of ether oxygens (including phenoxy) is 1. The van der Waals surface area contributed by atoms with Crippen molar-refractivity contribution in [3.05, 3.63) is 0 Å². The van der Waals surface area contributed by atoms with E-state index in [9.17, 15) is 0 Å².